The van der Waals surface area contributed by atoms with E-state index in [9.17, 15) is 9.59 Å². The minimum Gasteiger partial charge on any atom is -0.384 e. The lowest BCUT2D eigenvalue weighted by molar-refractivity contribution is -0.121. The van der Waals surface area contributed by atoms with E-state index in [1.807, 2.05) is 13.8 Å². The number of nitrogens with one attached hydrogen (secondary N) is 1. The number of aliphatic hydroxyl groups excluding tert-OH is 1. The van der Waals surface area contributed by atoms with E-state index in [2.05, 4.69) is 17.2 Å². The zero-order chi connectivity index (χ0) is 15.0. The van der Waals surface area contributed by atoms with Crippen LogP contribution in [0.1, 0.15) is 28.4 Å². The van der Waals surface area contributed by atoms with E-state index in [0.29, 0.717) is 18.0 Å². The number of likely N-dealkylation sites (N-methyl/N-ethyl adjacent to an activating group) is 2. The predicted octanol–water partition coefficient (Wildman–Crippen LogP) is 0.690. The van der Waals surface area contributed by atoms with E-state index < -0.39 is 0 Å². The third-order valence-electron chi connectivity index (χ3n) is 2.48. The summed E-state index contributed by atoms with van der Waals surface area (Å²) < 4.78 is 0. The first-order valence-electron chi connectivity index (χ1n) is 6.37. The van der Waals surface area contributed by atoms with Crippen molar-refractivity contribution in [1.82, 2.24) is 10.2 Å². The Balaban J connectivity index is 2.75. The predicted molar refractivity (Wildman–Crippen MR) is 78.5 cm³/mol. The second-order valence-electron chi connectivity index (χ2n) is 3.90. The highest BCUT2D eigenvalue weighted by Crippen LogP contribution is 2.17. The van der Waals surface area contributed by atoms with Gasteiger partial charge in [0.1, 0.15) is 6.61 Å². The molecule has 0 aliphatic carbocycles. The molecule has 0 radical (unpaired) electrons. The first-order valence-corrected chi connectivity index (χ1v) is 7.19. The largest absolute Gasteiger partial charge is 0.384 e. The Morgan fingerprint density at radius 2 is 2.15 bits per heavy atom. The molecule has 1 heterocycles. The Bertz CT molecular complexity index is 528. The van der Waals surface area contributed by atoms with E-state index in [0.717, 1.165) is 4.88 Å². The topological polar surface area (TPSA) is 69.6 Å². The molecule has 0 unspecified atom stereocenters. The molecule has 2 amide bonds. The van der Waals surface area contributed by atoms with Gasteiger partial charge in [0.2, 0.25) is 5.91 Å². The van der Waals surface area contributed by atoms with Crippen molar-refractivity contribution >= 4 is 23.2 Å². The SMILES string of the molecule is CCNC(=O)CN(CC)C(=O)c1ccc(C#CCO)s1. The number of carbonyl (C=O) groups excluding carboxylic acids is 2. The van der Waals surface area contributed by atoms with Gasteiger partial charge in [-0.15, -0.1) is 11.3 Å². The molecule has 0 saturated heterocycles. The van der Waals surface area contributed by atoms with Gasteiger partial charge < -0.3 is 15.3 Å². The highest BCUT2D eigenvalue weighted by atomic mass is 32.1. The summed E-state index contributed by atoms with van der Waals surface area (Å²) in [6.45, 7) is 4.52. The van der Waals surface area contributed by atoms with Gasteiger partial charge >= 0.3 is 0 Å². The second kappa shape index (κ2) is 8.35. The van der Waals surface area contributed by atoms with Crippen LogP contribution in [0, 0.1) is 11.8 Å². The van der Waals surface area contributed by atoms with Gasteiger partial charge in [0, 0.05) is 13.1 Å². The van der Waals surface area contributed by atoms with Crippen LogP contribution in [0.4, 0.5) is 0 Å². The lowest BCUT2D eigenvalue weighted by atomic mass is 10.3. The number of carbonyl (C=O) groups is 2. The van der Waals surface area contributed by atoms with Crippen LogP contribution in [0.25, 0.3) is 0 Å². The van der Waals surface area contributed by atoms with Crippen molar-refractivity contribution in [3.63, 3.8) is 0 Å². The Morgan fingerprint density at radius 1 is 1.40 bits per heavy atom. The van der Waals surface area contributed by atoms with Crippen LogP contribution in [0.2, 0.25) is 0 Å². The molecule has 6 heteroatoms. The minimum absolute atomic E-state index is 0.0543. The van der Waals surface area contributed by atoms with Gasteiger partial charge in [0.05, 0.1) is 16.3 Å². The number of aliphatic hydroxyl groups is 1. The summed E-state index contributed by atoms with van der Waals surface area (Å²) in [4.78, 5) is 26.5. The first-order chi connectivity index (χ1) is 9.62. The summed E-state index contributed by atoms with van der Waals surface area (Å²) >= 11 is 1.26. The number of amides is 2. The molecule has 0 aliphatic heterocycles. The third-order valence-corrected chi connectivity index (χ3v) is 3.47. The summed E-state index contributed by atoms with van der Waals surface area (Å²) in [6.07, 6.45) is 0. The zero-order valence-electron chi connectivity index (χ0n) is 11.6. The Kier molecular flexibility index (Phi) is 6.77. The van der Waals surface area contributed by atoms with Crippen LogP contribution >= 0.6 is 11.3 Å². The average Bonchev–Trinajstić information content (AvgIpc) is 2.91. The fourth-order valence-corrected chi connectivity index (χ4v) is 2.40. The normalized spacial score (nSPS) is 9.55. The van der Waals surface area contributed by atoms with Gasteiger partial charge in [-0.25, -0.2) is 0 Å². The molecule has 0 fully saturated rings. The summed E-state index contributed by atoms with van der Waals surface area (Å²) in [5.41, 5.74) is 0. The molecule has 1 rings (SSSR count). The Labute approximate surface area is 122 Å². The summed E-state index contributed by atoms with van der Waals surface area (Å²) in [5, 5.41) is 11.3. The van der Waals surface area contributed by atoms with Crippen LogP contribution in [0.3, 0.4) is 0 Å². The van der Waals surface area contributed by atoms with Crippen LogP contribution in [0.5, 0.6) is 0 Å². The van der Waals surface area contributed by atoms with E-state index in [1.165, 1.54) is 16.2 Å². The molecule has 0 aliphatic rings. The molecule has 2 N–H and O–H groups in total. The molecule has 1 aromatic heterocycles. The van der Waals surface area contributed by atoms with Crippen molar-refractivity contribution in [2.45, 2.75) is 13.8 Å². The fourth-order valence-electron chi connectivity index (χ4n) is 1.56. The summed E-state index contributed by atoms with van der Waals surface area (Å²) in [6, 6.07) is 3.43. The van der Waals surface area contributed by atoms with Crippen LogP contribution in [-0.4, -0.2) is 48.1 Å². The van der Waals surface area contributed by atoms with Crippen molar-refractivity contribution in [3.05, 3.63) is 21.9 Å². The summed E-state index contributed by atoms with van der Waals surface area (Å²) in [7, 11) is 0. The van der Waals surface area contributed by atoms with Crippen LogP contribution in [0.15, 0.2) is 12.1 Å². The molecule has 0 atom stereocenters. The number of hydrogen-bond acceptors (Lipinski definition) is 4. The standard InChI is InChI=1S/C14H18N2O3S/c1-3-15-13(18)10-16(4-2)14(19)12-8-7-11(20-12)6-5-9-17/h7-8,17H,3-4,9-10H2,1-2H3,(H,15,18). The smallest absolute Gasteiger partial charge is 0.264 e. The molecule has 5 nitrogen and oxygen atoms in total. The lowest BCUT2D eigenvalue weighted by Crippen LogP contribution is -2.40. The zero-order valence-corrected chi connectivity index (χ0v) is 12.4. The van der Waals surface area contributed by atoms with Gasteiger partial charge in [0.25, 0.3) is 5.91 Å². The minimum atomic E-state index is -0.209. The number of nitrogens with zero attached hydrogens (tertiary/aromatic N) is 1. The number of thiophene rings is 1. The molecular formula is C14H18N2O3S. The van der Waals surface area contributed by atoms with Gasteiger partial charge in [0.15, 0.2) is 0 Å². The molecule has 108 valence electrons. The Morgan fingerprint density at radius 3 is 2.75 bits per heavy atom. The van der Waals surface area contributed by atoms with Crippen LogP contribution in [-0.2, 0) is 4.79 Å². The quantitative estimate of drug-likeness (QED) is 0.785. The molecule has 0 aromatic carbocycles. The van der Waals surface area contributed by atoms with E-state index in [1.54, 1.807) is 12.1 Å². The molecule has 0 bridgehead atoms. The van der Waals surface area contributed by atoms with Crippen molar-refractivity contribution in [1.29, 1.82) is 0 Å². The highest BCUT2D eigenvalue weighted by Gasteiger charge is 2.18. The van der Waals surface area contributed by atoms with Crippen LogP contribution < -0.4 is 5.32 Å². The average molecular weight is 294 g/mol. The second-order valence-corrected chi connectivity index (χ2v) is 4.98. The Hall–Kier alpha value is -1.84. The van der Waals surface area contributed by atoms with Gasteiger partial charge in [-0.1, -0.05) is 11.8 Å². The fraction of sp³-hybridized carbons (Fsp3) is 0.429. The van der Waals surface area contributed by atoms with Gasteiger partial charge in [-0.05, 0) is 26.0 Å². The van der Waals surface area contributed by atoms with Crippen molar-refractivity contribution < 1.29 is 14.7 Å². The first kappa shape index (κ1) is 16.2. The molecule has 20 heavy (non-hydrogen) atoms. The van der Waals surface area contributed by atoms with Gasteiger partial charge in [-0.3, -0.25) is 9.59 Å². The third kappa shape index (κ3) is 4.68. The van der Waals surface area contributed by atoms with Crippen molar-refractivity contribution in [2.75, 3.05) is 26.2 Å². The molecule has 0 saturated carbocycles. The van der Waals surface area contributed by atoms with E-state index in [-0.39, 0.29) is 25.0 Å². The highest BCUT2D eigenvalue weighted by molar-refractivity contribution is 7.14. The van der Waals surface area contributed by atoms with Gasteiger partial charge in [-0.2, -0.15) is 0 Å². The maximum absolute atomic E-state index is 12.3. The molecule has 1 aromatic rings. The van der Waals surface area contributed by atoms with Crippen molar-refractivity contribution in [2.24, 2.45) is 0 Å². The molecular weight excluding hydrogens is 276 g/mol. The summed E-state index contributed by atoms with van der Waals surface area (Å²) in [5.74, 6) is 4.95. The number of hydrogen-bond donors (Lipinski definition) is 2. The van der Waals surface area contributed by atoms with Crippen molar-refractivity contribution in [3.8, 4) is 11.8 Å². The lowest BCUT2D eigenvalue weighted by Gasteiger charge is -2.19. The maximum Gasteiger partial charge on any atom is 0.264 e. The van der Waals surface area contributed by atoms with E-state index in [4.69, 9.17) is 5.11 Å². The number of rotatable bonds is 5. The molecule has 0 spiro atoms. The van der Waals surface area contributed by atoms with E-state index >= 15 is 0 Å². The monoisotopic (exact) mass is 294 g/mol. The maximum atomic E-state index is 12.3.